The van der Waals surface area contributed by atoms with Gasteiger partial charge in [0.25, 0.3) is 0 Å². The van der Waals surface area contributed by atoms with Crippen molar-refractivity contribution in [1.29, 1.82) is 0 Å². The fourth-order valence-corrected chi connectivity index (χ4v) is 3.87. The van der Waals surface area contributed by atoms with Crippen LogP contribution in [-0.2, 0) is 13.5 Å². The quantitative estimate of drug-likeness (QED) is 0.902. The summed E-state index contributed by atoms with van der Waals surface area (Å²) in [5, 5.41) is 4.54. The van der Waals surface area contributed by atoms with Gasteiger partial charge in [0.05, 0.1) is 5.69 Å². The van der Waals surface area contributed by atoms with E-state index in [2.05, 4.69) is 21.6 Å². The van der Waals surface area contributed by atoms with Gasteiger partial charge < -0.3 is 5.73 Å². The number of nitrogen functional groups attached to an aromatic ring is 1. The zero-order chi connectivity index (χ0) is 12.7. The van der Waals surface area contributed by atoms with Crippen molar-refractivity contribution < 1.29 is 0 Å². The summed E-state index contributed by atoms with van der Waals surface area (Å²) in [7, 11) is 1.98. The fourth-order valence-electron chi connectivity index (χ4n) is 2.75. The van der Waals surface area contributed by atoms with Crippen molar-refractivity contribution in [3.63, 3.8) is 0 Å². The molecule has 18 heavy (non-hydrogen) atoms. The Labute approximate surface area is 111 Å². The zero-order valence-electron chi connectivity index (χ0n) is 10.9. The van der Waals surface area contributed by atoms with Crippen molar-refractivity contribution in [2.24, 2.45) is 7.05 Å². The summed E-state index contributed by atoms with van der Waals surface area (Å²) in [6.07, 6.45) is 3.34. The van der Waals surface area contributed by atoms with E-state index in [9.17, 15) is 0 Å². The third-order valence-electron chi connectivity index (χ3n) is 3.60. The van der Waals surface area contributed by atoms with Crippen LogP contribution < -0.4 is 5.73 Å². The first-order valence-electron chi connectivity index (χ1n) is 6.49. The van der Waals surface area contributed by atoms with Crippen molar-refractivity contribution in [1.82, 2.24) is 19.3 Å². The van der Waals surface area contributed by atoms with Crippen LogP contribution >= 0.6 is 11.8 Å². The Balaban J connectivity index is 2.15. The maximum atomic E-state index is 6.12. The van der Waals surface area contributed by atoms with E-state index in [0.717, 1.165) is 29.0 Å². The SMILES string of the molecule is CCc1nn(C)c2c1nc(N)n2C1CCCSC1. The lowest BCUT2D eigenvalue weighted by Gasteiger charge is -2.24. The molecular weight excluding hydrogens is 246 g/mol. The van der Waals surface area contributed by atoms with Crippen LogP contribution in [0.1, 0.15) is 31.5 Å². The number of rotatable bonds is 2. The molecule has 0 saturated carbocycles. The predicted molar refractivity (Wildman–Crippen MR) is 75.9 cm³/mol. The molecule has 0 radical (unpaired) electrons. The Bertz CT molecular complexity index is 565. The lowest BCUT2D eigenvalue weighted by atomic mass is 10.2. The third-order valence-corrected chi connectivity index (χ3v) is 4.80. The van der Waals surface area contributed by atoms with E-state index < -0.39 is 0 Å². The number of hydrogen-bond acceptors (Lipinski definition) is 4. The molecule has 1 fully saturated rings. The summed E-state index contributed by atoms with van der Waals surface area (Å²) in [6, 6.07) is 0.467. The van der Waals surface area contributed by atoms with Gasteiger partial charge in [-0.05, 0) is 25.0 Å². The van der Waals surface area contributed by atoms with Crippen LogP contribution in [0.15, 0.2) is 0 Å². The Morgan fingerprint density at radius 2 is 2.33 bits per heavy atom. The van der Waals surface area contributed by atoms with Crippen LogP contribution in [0, 0.1) is 0 Å². The van der Waals surface area contributed by atoms with Crippen molar-refractivity contribution in [2.45, 2.75) is 32.2 Å². The molecule has 2 N–H and O–H groups in total. The number of nitrogens with two attached hydrogens (primary N) is 1. The van der Waals surface area contributed by atoms with E-state index in [1.165, 1.54) is 18.6 Å². The van der Waals surface area contributed by atoms with Gasteiger partial charge in [0.1, 0.15) is 5.52 Å². The predicted octanol–water partition coefficient (Wildman–Crippen LogP) is 1.98. The summed E-state index contributed by atoms with van der Waals surface area (Å²) < 4.78 is 4.12. The van der Waals surface area contributed by atoms with E-state index in [1.807, 2.05) is 23.5 Å². The van der Waals surface area contributed by atoms with Crippen molar-refractivity contribution in [2.75, 3.05) is 17.2 Å². The molecule has 2 aromatic heterocycles. The Hall–Kier alpha value is -1.17. The molecule has 0 spiro atoms. The lowest BCUT2D eigenvalue weighted by Crippen LogP contribution is -2.19. The number of aromatic nitrogens is 4. The monoisotopic (exact) mass is 265 g/mol. The number of fused-ring (bicyclic) bond motifs is 1. The normalized spacial score (nSPS) is 20.7. The van der Waals surface area contributed by atoms with E-state index in [1.54, 1.807) is 0 Å². The van der Waals surface area contributed by atoms with Crippen LogP contribution in [0.4, 0.5) is 5.95 Å². The van der Waals surface area contributed by atoms with Crippen molar-refractivity contribution >= 4 is 28.9 Å². The highest BCUT2D eigenvalue weighted by molar-refractivity contribution is 7.99. The summed E-state index contributed by atoms with van der Waals surface area (Å²) in [4.78, 5) is 4.53. The number of thioether (sulfide) groups is 1. The molecule has 3 heterocycles. The number of nitrogens with zero attached hydrogens (tertiary/aromatic N) is 4. The topological polar surface area (TPSA) is 61.7 Å². The summed E-state index contributed by atoms with van der Waals surface area (Å²) in [5.41, 5.74) is 9.23. The molecule has 1 atom stereocenters. The molecule has 5 nitrogen and oxygen atoms in total. The van der Waals surface area contributed by atoms with Crippen LogP contribution in [-0.4, -0.2) is 30.8 Å². The van der Waals surface area contributed by atoms with Crippen molar-refractivity contribution in [3.8, 4) is 0 Å². The Kier molecular flexibility index (Phi) is 2.97. The summed E-state index contributed by atoms with van der Waals surface area (Å²) in [5.74, 6) is 3.03. The second-order valence-corrected chi connectivity index (χ2v) is 5.96. The second kappa shape index (κ2) is 4.50. The molecule has 6 heteroatoms. The van der Waals surface area contributed by atoms with Crippen LogP contribution in [0.3, 0.4) is 0 Å². The van der Waals surface area contributed by atoms with Gasteiger partial charge >= 0.3 is 0 Å². The van der Waals surface area contributed by atoms with Crippen LogP contribution in [0.25, 0.3) is 11.2 Å². The molecule has 0 aromatic carbocycles. The Morgan fingerprint density at radius 1 is 1.50 bits per heavy atom. The first kappa shape index (κ1) is 11.9. The maximum absolute atomic E-state index is 6.12. The average molecular weight is 265 g/mol. The van der Waals surface area contributed by atoms with Gasteiger partial charge in [-0.2, -0.15) is 16.9 Å². The highest BCUT2D eigenvalue weighted by Gasteiger charge is 2.24. The minimum Gasteiger partial charge on any atom is -0.369 e. The summed E-state index contributed by atoms with van der Waals surface area (Å²) in [6.45, 7) is 2.10. The van der Waals surface area contributed by atoms with Crippen molar-refractivity contribution in [3.05, 3.63) is 5.69 Å². The number of aryl methyl sites for hydroxylation is 2. The van der Waals surface area contributed by atoms with Crippen LogP contribution in [0.5, 0.6) is 0 Å². The lowest BCUT2D eigenvalue weighted by molar-refractivity contribution is 0.507. The first-order chi connectivity index (χ1) is 8.72. The molecule has 1 aliphatic rings. The van der Waals surface area contributed by atoms with Crippen LogP contribution in [0.2, 0.25) is 0 Å². The number of hydrogen-bond donors (Lipinski definition) is 1. The molecule has 1 unspecified atom stereocenters. The van der Waals surface area contributed by atoms with Gasteiger partial charge in [0, 0.05) is 18.8 Å². The first-order valence-corrected chi connectivity index (χ1v) is 7.64. The number of anilines is 1. The summed E-state index contributed by atoms with van der Waals surface area (Å²) >= 11 is 2.00. The largest absolute Gasteiger partial charge is 0.369 e. The maximum Gasteiger partial charge on any atom is 0.202 e. The highest BCUT2D eigenvalue weighted by Crippen LogP contribution is 2.32. The molecule has 1 aliphatic heterocycles. The molecule has 3 rings (SSSR count). The number of imidazole rings is 1. The smallest absolute Gasteiger partial charge is 0.202 e. The molecule has 0 amide bonds. The van der Waals surface area contributed by atoms with E-state index in [-0.39, 0.29) is 0 Å². The van der Waals surface area contributed by atoms with Gasteiger partial charge in [-0.1, -0.05) is 6.92 Å². The van der Waals surface area contributed by atoms with Gasteiger partial charge in [-0.3, -0.25) is 9.25 Å². The molecule has 1 saturated heterocycles. The minimum absolute atomic E-state index is 0.467. The second-order valence-electron chi connectivity index (χ2n) is 4.81. The zero-order valence-corrected chi connectivity index (χ0v) is 11.7. The Morgan fingerprint density at radius 3 is 3.00 bits per heavy atom. The standard InChI is InChI=1S/C12H19N5S/c1-3-9-10-11(16(2)15-9)17(12(13)14-10)8-5-4-6-18-7-8/h8H,3-7H2,1-2H3,(H2,13,14). The van der Waals surface area contributed by atoms with Gasteiger partial charge in [0.2, 0.25) is 5.95 Å². The van der Waals surface area contributed by atoms with E-state index in [4.69, 9.17) is 5.73 Å². The van der Waals surface area contributed by atoms with Gasteiger partial charge in [0.15, 0.2) is 5.65 Å². The van der Waals surface area contributed by atoms with Gasteiger partial charge in [-0.25, -0.2) is 4.98 Å². The molecule has 2 aromatic rings. The molecule has 0 aliphatic carbocycles. The minimum atomic E-state index is 0.467. The average Bonchev–Trinajstić information content (AvgIpc) is 2.87. The molecular formula is C12H19N5S. The fraction of sp³-hybridized carbons (Fsp3) is 0.667. The van der Waals surface area contributed by atoms with Gasteiger partial charge in [-0.15, -0.1) is 0 Å². The molecule has 98 valence electrons. The third kappa shape index (κ3) is 1.70. The highest BCUT2D eigenvalue weighted by atomic mass is 32.2. The van der Waals surface area contributed by atoms with E-state index in [0.29, 0.717) is 12.0 Å². The van der Waals surface area contributed by atoms with E-state index >= 15 is 0 Å². The molecule has 0 bridgehead atoms.